The van der Waals surface area contributed by atoms with Gasteiger partial charge in [-0.15, -0.1) is 0 Å². The first-order chi connectivity index (χ1) is 13.1. The number of hydrogen-bond acceptors (Lipinski definition) is 5. The zero-order valence-corrected chi connectivity index (χ0v) is 14.5. The Balaban J connectivity index is 1.63. The highest BCUT2D eigenvalue weighted by atomic mass is 16.5. The molecular formula is C21H16N2O4. The van der Waals surface area contributed by atoms with Gasteiger partial charge in [-0.2, -0.15) is 0 Å². The van der Waals surface area contributed by atoms with Crippen molar-refractivity contribution in [2.45, 2.75) is 0 Å². The second-order valence-electron chi connectivity index (χ2n) is 6.02. The predicted molar refractivity (Wildman–Crippen MR) is 102 cm³/mol. The van der Waals surface area contributed by atoms with Gasteiger partial charge in [0.1, 0.15) is 17.2 Å². The minimum Gasteiger partial charge on any atom is -0.497 e. The van der Waals surface area contributed by atoms with Crippen LogP contribution in [0, 0.1) is 0 Å². The van der Waals surface area contributed by atoms with Gasteiger partial charge in [0, 0.05) is 5.69 Å². The lowest BCUT2D eigenvalue weighted by Gasteiger charge is -2.14. The summed E-state index contributed by atoms with van der Waals surface area (Å²) in [4.78, 5) is 26.7. The monoisotopic (exact) mass is 360 g/mol. The molecule has 27 heavy (non-hydrogen) atoms. The van der Waals surface area contributed by atoms with Gasteiger partial charge in [-0.3, -0.25) is 9.59 Å². The van der Waals surface area contributed by atoms with Crippen LogP contribution in [0.1, 0.15) is 20.7 Å². The lowest BCUT2D eigenvalue weighted by Crippen LogP contribution is -2.29. The second-order valence-corrected chi connectivity index (χ2v) is 6.02. The van der Waals surface area contributed by atoms with E-state index in [1.807, 2.05) is 0 Å². The van der Waals surface area contributed by atoms with E-state index < -0.39 is 0 Å². The van der Waals surface area contributed by atoms with Crippen LogP contribution in [0.3, 0.4) is 0 Å². The summed E-state index contributed by atoms with van der Waals surface area (Å²) < 4.78 is 10.9. The Morgan fingerprint density at radius 1 is 0.741 bits per heavy atom. The zero-order chi connectivity index (χ0) is 19.0. The summed E-state index contributed by atoms with van der Waals surface area (Å²) in [5.41, 5.74) is 7.44. The summed E-state index contributed by atoms with van der Waals surface area (Å²) in [6, 6.07) is 18.5. The summed E-state index contributed by atoms with van der Waals surface area (Å²) in [7, 11) is 1.56. The van der Waals surface area contributed by atoms with Crippen LogP contribution in [0.2, 0.25) is 0 Å². The zero-order valence-electron chi connectivity index (χ0n) is 14.5. The molecule has 4 rings (SSSR count). The van der Waals surface area contributed by atoms with E-state index in [0.29, 0.717) is 39.8 Å². The van der Waals surface area contributed by atoms with E-state index in [0.717, 1.165) is 4.90 Å². The molecule has 0 spiro atoms. The maximum absolute atomic E-state index is 12.8. The Bertz CT molecular complexity index is 1030. The maximum Gasteiger partial charge on any atom is 0.266 e. The van der Waals surface area contributed by atoms with Gasteiger partial charge < -0.3 is 15.2 Å². The average molecular weight is 360 g/mol. The molecule has 1 heterocycles. The highest BCUT2D eigenvalue weighted by molar-refractivity contribution is 6.34. The van der Waals surface area contributed by atoms with Gasteiger partial charge in [0.25, 0.3) is 11.8 Å². The lowest BCUT2D eigenvalue weighted by molar-refractivity contribution is 0.0926. The average Bonchev–Trinajstić information content (AvgIpc) is 2.94. The third-order valence-corrected chi connectivity index (χ3v) is 4.30. The number of nitrogen functional groups attached to an aromatic ring is 1. The van der Waals surface area contributed by atoms with Crippen LogP contribution < -0.4 is 20.1 Å². The molecule has 0 aliphatic carbocycles. The van der Waals surface area contributed by atoms with E-state index in [4.69, 9.17) is 15.2 Å². The van der Waals surface area contributed by atoms with Crippen LogP contribution in [-0.2, 0) is 0 Å². The highest BCUT2D eigenvalue weighted by Crippen LogP contribution is 2.33. The number of benzene rings is 3. The number of carbonyl (C=O) groups is 2. The molecule has 0 aromatic heterocycles. The molecule has 0 fully saturated rings. The molecule has 0 radical (unpaired) electrons. The summed E-state index contributed by atoms with van der Waals surface area (Å²) >= 11 is 0. The Kier molecular flexibility index (Phi) is 4.01. The van der Waals surface area contributed by atoms with Crippen molar-refractivity contribution in [3.63, 3.8) is 0 Å². The third kappa shape index (κ3) is 2.97. The van der Waals surface area contributed by atoms with Crippen LogP contribution in [0.5, 0.6) is 17.2 Å². The molecule has 0 unspecified atom stereocenters. The van der Waals surface area contributed by atoms with Crippen molar-refractivity contribution < 1.29 is 19.1 Å². The number of anilines is 2. The molecule has 6 nitrogen and oxygen atoms in total. The minimum absolute atomic E-state index is 0.309. The molecule has 0 bridgehead atoms. The SMILES string of the molecule is COc1ccc(N2C(=O)c3ccc(Oc4ccc(N)cc4)cc3C2=O)cc1. The van der Waals surface area contributed by atoms with Gasteiger partial charge in [0.15, 0.2) is 0 Å². The largest absolute Gasteiger partial charge is 0.497 e. The Morgan fingerprint density at radius 3 is 2.00 bits per heavy atom. The molecule has 2 amide bonds. The smallest absolute Gasteiger partial charge is 0.266 e. The number of nitrogens with two attached hydrogens (primary N) is 1. The summed E-state index contributed by atoms with van der Waals surface area (Å²) in [6.07, 6.45) is 0. The summed E-state index contributed by atoms with van der Waals surface area (Å²) in [6.45, 7) is 0. The number of imide groups is 1. The molecular weight excluding hydrogens is 344 g/mol. The van der Waals surface area contributed by atoms with Crippen molar-refractivity contribution in [1.82, 2.24) is 0 Å². The van der Waals surface area contributed by atoms with Crippen molar-refractivity contribution in [2.24, 2.45) is 0 Å². The molecule has 0 atom stereocenters. The van der Waals surface area contributed by atoms with Crippen LogP contribution in [0.4, 0.5) is 11.4 Å². The molecule has 0 saturated heterocycles. The maximum atomic E-state index is 12.8. The van der Waals surface area contributed by atoms with Crippen molar-refractivity contribution in [1.29, 1.82) is 0 Å². The predicted octanol–water partition coefficient (Wildman–Crippen LogP) is 3.87. The normalized spacial score (nSPS) is 12.9. The van der Waals surface area contributed by atoms with Gasteiger partial charge in [-0.1, -0.05) is 0 Å². The first-order valence-electron chi connectivity index (χ1n) is 8.27. The van der Waals surface area contributed by atoms with Crippen molar-refractivity contribution in [3.05, 3.63) is 77.9 Å². The van der Waals surface area contributed by atoms with Crippen LogP contribution in [0.15, 0.2) is 66.7 Å². The fraction of sp³-hybridized carbons (Fsp3) is 0.0476. The highest BCUT2D eigenvalue weighted by Gasteiger charge is 2.37. The summed E-state index contributed by atoms with van der Waals surface area (Å²) in [5, 5.41) is 0. The van der Waals surface area contributed by atoms with Crippen molar-refractivity contribution in [3.8, 4) is 17.2 Å². The number of fused-ring (bicyclic) bond motifs is 1. The van der Waals surface area contributed by atoms with E-state index in [1.54, 1.807) is 73.8 Å². The van der Waals surface area contributed by atoms with Gasteiger partial charge in [0.2, 0.25) is 0 Å². The molecule has 3 aromatic carbocycles. The van der Waals surface area contributed by atoms with Gasteiger partial charge in [0.05, 0.1) is 23.9 Å². The summed E-state index contributed by atoms with van der Waals surface area (Å²) in [5.74, 6) is 0.959. The fourth-order valence-corrected chi connectivity index (χ4v) is 2.92. The van der Waals surface area contributed by atoms with Gasteiger partial charge in [-0.25, -0.2) is 4.90 Å². The number of rotatable bonds is 4. The van der Waals surface area contributed by atoms with E-state index >= 15 is 0 Å². The number of ether oxygens (including phenoxy) is 2. The number of amides is 2. The topological polar surface area (TPSA) is 81.9 Å². The Morgan fingerprint density at radius 2 is 1.33 bits per heavy atom. The van der Waals surface area contributed by atoms with E-state index in [1.165, 1.54) is 0 Å². The molecule has 2 N–H and O–H groups in total. The standard InChI is InChI=1S/C21H16N2O4/c1-26-15-8-4-14(5-9-15)23-20(24)18-11-10-17(12-19(18)21(23)25)27-16-6-2-13(22)3-7-16/h2-12H,22H2,1H3. The Labute approximate surface area is 155 Å². The molecule has 134 valence electrons. The number of methoxy groups -OCH3 is 1. The third-order valence-electron chi connectivity index (χ3n) is 4.30. The Hall–Kier alpha value is -3.80. The lowest BCUT2D eigenvalue weighted by atomic mass is 10.1. The molecule has 1 aliphatic rings. The fourth-order valence-electron chi connectivity index (χ4n) is 2.92. The van der Waals surface area contributed by atoms with Crippen LogP contribution >= 0.6 is 0 Å². The van der Waals surface area contributed by atoms with E-state index in [9.17, 15) is 9.59 Å². The first-order valence-corrected chi connectivity index (χ1v) is 8.27. The number of nitrogens with zero attached hydrogens (tertiary/aromatic N) is 1. The first kappa shape index (κ1) is 16.7. The van der Waals surface area contributed by atoms with Crippen LogP contribution in [0.25, 0.3) is 0 Å². The minimum atomic E-state index is -0.386. The molecule has 1 aliphatic heterocycles. The molecule has 0 saturated carbocycles. The number of carbonyl (C=O) groups excluding carboxylic acids is 2. The van der Waals surface area contributed by atoms with Gasteiger partial charge >= 0.3 is 0 Å². The van der Waals surface area contributed by atoms with Crippen LogP contribution in [-0.4, -0.2) is 18.9 Å². The van der Waals surface area contributed by atoms with E-state index in [-0.39, 0.29) is 11.8 Å². The molecule has 3 aromatic rings. The van der Waals surface area contributed by atoms with Gasteiger partial charge in [-0.05, 0) is 66.7 Å². The van der Waals surface area contributed by atoms with E-state index in [2.05, 4.69) is 0 Å². The molecule has 6 heteroatoms. The number of hydrogen-bond donors (Lipinski definition) is 1. The quantitative estimate of drug-likeness (QED) is 0.564. The van der Waals surface area contributed by atoms with Crippen molar-refractivity contribution >= 4 is 23.2 Å². The van der Waals surface area contributed by atoms with Crippen molar-refractivity contribution in [2.75, 3.05) is 17.7 Å². The second kappa shape index (κ2) is 6.49.